The predicted octanol–water partition coefficient (Wildman–Crippen LogP) is 2.15. The summed E-state index contributed by atoms with van der Waals surface area (Å²) in [6, 6.07) is 1.28. The zero-order valence-corrected chi connectivity index (χ0v) is 9.54. The molecule has 0 aliphatic carbocycles. The normalized spacial score (nSPS) is 15.3. The predicted molar refractivity (Wildman–Crippen MR) is 56.6 cm³/mol. The van der Waals surface area contributed by atoms with Crippen LogP contribution in [0.4, 0.5) is 17.6 Å². The van der Waals surface area contributed by atoms with E-state index in [4.69, 9.17) is 5.73 Å². The molecule has 0 saturated heterocycles. The summed E-state index contributed by atoms with van der Waals surface area (Å²) >= 11 is 0. The number of ether oxygens (including phenoxy) is 1. The average molecular weight is 267 g/mol. The van der Waals surface area contributed by atoms with Crippen molar-refractivity contribution in [2.75, 3.05) is 7.11 Å². The van der Waals surface area contributed by atoms with Crippen LogP contribution in [-0.2, 0) is 0 Å². The van der Waals surface area contributed by atoms with Crippen molar-refractivity contribution in [3.8, 4) is 5.75 Å². The van der Waals surface area contributed by atoms with Crippen LogP contribution in [0.1, 0.15) is 18.1 Å². The monoisotopic (exact) mass is 267 g/mol. The Morgan fingerprint density at radius 2 is 2.00 bits per heavy atom. The highest BCUT2D eigenvalue weighted by atomic mass is 19.4. The van der Waals surface area contributed by atoms with Crippen LogP contribution in [0.15, 0.2) is 18.2 Å². The molecular weight excluding hydrogens is 254 g/mol. The summed E-state index contributed by atoms with van der Waals surface area (Å²) in [4.78, 5) is 0. The van der Waals surface area contributed by atoms with Gasteiger partial charge < -0.3 is 15.6 Å². The quantitative estimate of drug-likeness (QED) is 0.822. The molecule has 3 nitrogen and oxygen atoms in total. The summed E-state index contributed by atoms with van der Waals surface area (Å²) in [6.45, 7) is 0. The summed E-state index contributed by atoms with van der Waals surface area (Å²) in [7, 11) is 1.26. The average Bonchev–Trinajstić information content (AvgIpc) is 2.27. The largest absolute Gasteiger partial charge is 0.494 e. The van der Waals surface area contributed by atoms with Gasteiger partial charge in [-0.15, -0.1) is 0 Å². The SMILES string of the molecule is COc1ccc([C@@H](O)C[C@@H](N)C(F)(F)F)cc1F. The second-order valence-electron chi connectivity index (χ2n) is 3.79. The second kappa shape index (κ2) is 5.53. The van der Waals surface area contributed by atoms with E-state index >= 15 is 0 Å². The smallest absolute Gasteiger partial charge is 0.403 e. The van der Waals surface area contributed by atoms with Gasteiger partial charge in [-0.2, -0.15) is 13.2 Å². The van der Waals surface area contributed by atoms with Gasteiger partial charge in [0.15, 0.2) is 11.6 Å². The molecule has 1 aromatic rings. The summed E-state index contributed by atoms with van der Waals surface area (Å²) < 4.78 is 54.5. The lowest BCUT2D eigenvalue weighted by atomic mass is 10.0. The summed E-state index contributed by atoms with van der Waals surface area (Å²) in [6.07, 6.45) is -6.80. The fraction of sp³-hybridized carbons (Fsp3) is 0.455. The third-order valence-electron chi connectivity index (χ3n) is 2.46. The van der Waals surface area contributed by atoms with Gasteiger partial charge >= 0.3 is 6.18 Å². The van der Waals surface area contributed by atoms with Gasteiger partial charge in [0, 0.05) is 6.42 Å². The Kier molecular flexibility index (Phi) is 4.53. The minimum Gasteiger partial charge on any atom is -0.494 e. The number of aliphatic hydroxyl groups excluding tert-OH is 1. The molecule has 1 rings (SSSR count). The van der Waals surface area contributed by atoms with Gasteiger partial charge in [-0.05, 0) is 17.7 Å². The molecule has 0 aliphatic rings. The van der Waals surface area contributed by atoms with Crippen LogP contribution in [0.3, 0.4) is 0 Å². The van der Waals surface area contributed by atoms with Crippen molar-refractivity contribution in [3.63, 3.8) is 0 Å². The lowest BCUT2D eigenvalue weighted by Gasteiger charge is -2.19. The molecule has 3 N–H and O–H groups in total. The minimum absolute atomic E-state index is 0.0213. The number of aliphatic hydroxyl groups is 1. The molecule has 0 unspecified atom stereocenters. The number of nitrogens with two attached hydrogens (primary N) is 1. The summed E-state index contributed by atoms with van der Waals surface area (Å²) in [5, 5.41) is 9.55. The molecule has 0 spiro atoms. The molecule has 0 heterocycles. The molecule has 0 aromatic heterocycles. The Morgan fingerprint density at radius 3 is 2.44 bits per heavy atom. The Hall–Kier alpha value is -1.34. The number of alkyl halides is 3. The topological polar surface area (TPSA) is 55.5 Å². The van der Waals surface area contributed by atoms with E-state index in [1.165, 1.54) is 19.2 Å². The molecule has 0 bridgehead atoms. The maximum absolute atomic E-state index is 13.3. The lowest BCUT2D eigenvalue weighted by molar-refractivity contribution is -0.153. The van der Waals surface area contributed by atoms with E-state index in [2.05, 4.69) is 4.74 Å². The Bertz CT molecular complexity index is 409. The van der Waals surface area contributed by atoms with Crippen molar-refractivity contribution in [2.45, 2.75) is 24.7 Å². The molecule has 7 heteroatoms. The van der Waals surface area contributed by atoms with E-state index < -0.39 is 30.6 Å². The van der Waals surface area contributed by atoms with Crippen LogP contribution in [-0.4, -0.2) is 24.4 Å². The molecule has 2 atom stereocenters. The van der Waals surface area contributed by atoms with Gasteiger partial charge in [0.25, 0.3) is 0 Å². The van der Waals surface area contributed by atoms with E-state index in [9.17, 15) is 22.7 Å². The van der Waals surface area contributed by atoms with Crippen LogP contribution in [0.5, 0.6) is 5.75 Å². The van der Waals surface area contributed by atoms with Gasteiger partial charge in [0.2, 0.25) is 0 Å². The van der Waals surface area contributed by atoms with E-state index in [0.29, 0.717) is 0 Å². The van der Waals surface area contributed by atoms with Gasteiger partial charge in [-0.1, -0.05) is 6.07 Å². The van der Waals surface area contributed by atoms with Crippen molar-refractivity contribution in [1.82, 2.24) is 0 Å². The fourth-order valence-corrected chi connectivity index (χ4v) is 1.40. The van der Waals surface area contributed by atoms with Gasteiger partial charge in [0.05, 0.1) is 13.2 Å². The molecule has 0 amide bonds. The van der Waals surface area contributed by atoms with Crippen molar-refractivity contribution in [1.29, 1.82) is 0 Å². The third kappa shape index (κ3) is 3.58. The first kappa shape index (κ1) is 14.7. The molecule has 18 heavy (non-hydrogen) atoms. The second-order valence-corrected chi connectivity index (χ2v) is 3.79. The van der Waals surface area contributed by atoms with Gasteiger partial charge in [0.1, 0.15) is 6.04 Å². The van der Waals surface area contributed by atoms with Crippen LogP contribution < -0.4 is 10.5 Å². The van der Waals surface area contributed by atoms with E-state index in [0.717, 1.165) is 6.07 Å². The number of hydrogen-bond donors (Lipinski definition) is 2. The Morgan fingerprint density at radius 1 is 1.39 bits per heavy atom. The van der Waals surface area contributed by atoms with Crippen molar-refractivity contribution in [2.24, 2.45) is 5.73 Å². The van der Waals surface area contributed by atoms with E-state index in [-0.39, 0.29) is 11.3 Å². The fourth-order valence-electron chi connectivity index (χ4n) is 1.40. The zero-order chi connectivity index (χ0) is 13.9. The van der Waals surface area contributed by atoms with Crippen molar-refractivity contribution >= 4 is 0 Å². The highest BCUT2D eigenvalue weighted by Crippen LogP contribution is 2.28. The van der Waals surface area contributed by atoms with Crippen molar-refractivity contribution in [3.05, 3.63) is 29.6 Å². The molecule has 102 valence electrons. The van der Waals surface area contributed by atoms with Crippen LogP contribution in [0.2, 0.25) is 0 Å². The summed E-state index contributed by atoms with van der Waals surface area (Å²) in [5.41, 5.74) is 4.90. The Labute approximate surface area is 101 Å². The first-order valence-corrected chi connectivity index (χ1v) is 5.09. The summed E-state index contributed by atoms with van der Waals surface area (Å²) in [5.74, 6) is -0.805. The number of rotatable bonds is 4. The maximum Gasteiger partial charge on any atom is 0.403 e. The molecular formula is C11H13F4NO2. The van der Waals surface area contributed by atoms with Crippen LogP contribution in [0, 0.1) is 5.82 Å². The molecule has 0 aliphatic heterocycles. The standard InChI is InChI=1S/C11H13F4NO2/c1-18-9-3-2-6(4-7(9)12)8(17)5-10(16)11(13,14)15/h2-4,8,10,17H,5,16H2,1H3/t8-,10+/m0/s1. The highest BCUT2D eigenvalue weighted by Gasteiger charge is 2.38. The van der Waals surface area contributed by atoms with Crippen molar-refractivity contribution < 1.29 is 27.4 Å². The number of benzene rings is 1. The third-order valence-corrected chi connectivity index (χ3v) is 2.46. The van der Waals surface area contributed by atoms with Gasteiger partial charge in [-0.25, -0.2) is 4.39 Å². The minimum atomic E-state index is -4.59. The number of methoxy groups -OCH3 is 1. The van der Waals surface area contributed by atoms with Crippen LogP contribution in [0.25, 0.3) is 0 Å². The lowest BCUT2D eigenvalue weighted by Crippen LogP contribution is -2.38. The Balaban J connectivity index is 2.79. The van der Waals surface area contributed by atoms with E-state index in [1.807, 2.05) is 0 Å². The molecule has 1 aromatic carbocycles. The number of halogens is 4. The first-order valence-electron chi connectivity index (χ1n) is 5.09. The molecule has 0 saturated carbocycles. The maximum atomic E-state index is 13.3. The molecule has 0 fully saturated rings. The highest BCUT2D eigenvalue weighted by molar-refractivity contribution is 5.30. The van der Waals surface area contributed by atoms with E-state index in [1.54, 1.807) is 0 Å². The van der Waals surface area contributed by atoms with Crippen LogP contribution >= 0.6 is 0 Å². The first-order chi connectivity index (χ1) is 8.25. The molecule has 0 radical (unpaired) electrons. The number of hydrogen-bond acceptors (Lipinski definition) is 3. The van der Waals surface area contributed by atoms with Gasteiger partial charge in [-0.3, -0.25) is 0 Å². The zero-order valence-electron chi connectivity index (χ0n) is 9.54.